The number of esters is 2. The highest BCUT2D eigenvalue weighted by molar-refractivity contribution is 7.47. The van der Waals surface area contributed by atoms with Gasteiger partial charge in [0, 0.05) is 25.2 Å². The van der Waals surface area contributed by atoms with Gasteiger partial charge in [0.05, 0.1) is 31.5 Å². The summed E-state index contributed by atoms with van der Waals surface area (Å²) in [5.74, 6) is -2.94. The molecule has 61 heavy (non-hydrogen) atoms. The lowest BCUT2D eigenvalue weighted by atomic mass is 9.88. The highest BCUT2D eigenvalue weighted by Crippen LogP contribution is 2.43. The van der Waals surface area contributed by atoms with E-state index in [0.717, 1.165) is 77.0 Å². The van der Waals surface area contributed by atoms with Gasteiger partial charge in [0.15, 0.2) is 6.10 Å². The number of carbonyl (C=O) groups is 3. The van der Waals surface area contributed by atoms with E-state index < -0.39 is 76.0 Å². The van der Waals surface area contributed by atoms with Gasteiger partial charge >= 0.3 is 25.7 Å². The van der Waals surface area contributed by atoms with Gasteiger partial charge in [0.2, 0.25) is 0 Å². The van der Waals surface area contributed by atoms with Crippen molar-refractivity contribution in [1.82, 2.24) is 0 Å². The maximum atomic E-state index is 12.8. The molecule has 0 amide bonds. The van der Waals surface area contributed by atoms with Gasteiger partial charge in [0.1, 0.15) is 12.6 Å². The van der Waals surface area contributed by atoms with E-state index in [1.165, 1.54) is 19.3 Å². The van der Waals surface area contributed by atoms with Gasteiger partial charge in [-0.15, -0.1) is 0 Å². The second kappa shape index (κ2) is 35.7. The molecule has 0 aliphatic heterocycles. The minimum absolute atomic E-state index is 0.0278. The first-order chi connectivity index (χ1) is 29.3. The van der Waals surface area contributed by atoms with Crippen LogP contribution in [0.2, 0.25) is 0 Å². The van der Waals surface area contributed by atoms with Crippen molar-refractivity contribution in [2.24, 2.45) is 17.6 Å². The van der Waals surface area contributed by atoms with E-state index in [0.29, 0.717) is 38.5 Å². The van der Waals surface area contributed by atoms with Gasteiger partial charge in [-0.3, -0.25) is 23.4 Å². The van der Waals surface area contributed by atoms with Crippen molar-refractivity contribution in [2.75, 3.05) is 19.8 Å². The molecule has 0 radical (unpaired) electrons. The Morgan fingerprint density at radius 2 is 1.28 bits per heavy atom. The summed E-state index contributed by atoms with van der Waals surface area (Å²) in [6.07, 6.45) is 32.4. The lowest BCUT2D eigenvalue weighted by Crippen LogP contribution is -2.34. The van der Waals surface area contributed by atoms with Crippen LogP contribution in [0.3, 0.4) is 0 Å². The van der Waals surface area contributed by atoms with E-state index in [9.17, 15) is 39.2 Å². The molecule has 0 aromatic carbocycles. The quantitative estimate of drug-likeness (QED) is 0.0148. The summed E-state index contributed by atoms with van der Waals surface area (Å²) in [5.41, 5.74) is 5.33. The molecule has 7 N–H and O–H groups in total. The van der Waals surface area contributed by atoms with Crippen LogP contribution in [0.15, 0.2) is 48.6 Å². The maximum Gasteiger partial charge on any atom is 0.472 e. The van der Waals surface area contributed by atoms with Crippen LogP contribution in [0.5, 0.6) is 0 Å². The highest BCUT2D eigenvalue weighted by Gasteiger charge is 2.39. The minimum atomic E-state index is -4.79. The number of allylic oxidation sites excluding steroid dienone is 6. The van der Waals surface area contributed by atoms with Crippen LogP contribution in [0.1, 0.15) is 162 Å². The van der Waals surface area contributed by atoms with Crippen molar-refractivity contribution in [3.8, 4) is 0 Å². The predicted octanol–water partition coefficient (Wildman–Crippen LogP) is 8.55. The van der Waals surface area contributed by atoms with Gasteiger partial charge in [-0.1, -0.05) is 127 Å². The van der Waals surface area contributed by atoms with Crippen LogP contribution < -0.4 is 5.73 Å². The molecule has 352 valence electrons. The molecule has 1 saturated carbocycles. The van der Waals surface area contributed by atoms with Crippen LogP contribution in [-0.2, 0) is 37.5 Å². The number of carboxylic acid groups (broad SMARTS) is 1. The van der Waals surface area contributed by atoms with E-state index in [1.54, 1.807) is 6.08 Å². The van der Waals surface area contributed by atoms with Gasteiger partial charge in [-0.05, 0) is 70.1 Å². The Morgan fingerprint density at radius 3 is 1.92 bits per heavy atom. The van der Waals surface area contributed by atoms with Crippen molar-refractivity contribution in [2.45, 2.75) is 192 Å². The van der Waals surface area contributed by atoms with E-state index >= 15 is 0 Å². The number of hydrogen-bond acceptors (Lipinski definition) is 12. The molecule has 0 aromatic heterocycles. The van der Waals surface area contributed by atoms with Gasteiger partial charge in [-0.2, -0.15) is 0 Å². The van der Waals surface area contributed by atoms with Crippen molar-refractivity contribution >= 4 is 25.7 Å². The first-order valence-corrected chi connectivity index (χ1v) is 24.4. The number of aliphatic hydroxyl groups excluding tert-OH is 3. The number of phosphoric ester groups is 1. The number of aliphatic hydroxyl groups is 3. The Balaban J connectivity index is 2.48. The SMILES string of the molecule is CCCCC/C=C\C/C=C\C/C=C\CCCCCCC(=O)OC[C@H](COP(=O)(O)OC[C@H](N)C(=O)O)OC(=O)CCCCCC[C@@H]1[C@@H](/C=C/[C@@H](O)CCCCC)[C@H](O)C[C@@H]1O. The van der Waals surface area contributed by atoms with Gasteiger partial charge in [0.25, 0.3) is 0 Å². The van der Waals surface area contributed by atoms with Crippen LogP contribution >= 0.6 is 7.82 Å². The van der Waals surface area contributed by atoms with E-state index in [1.807, 2.05) is 6.08 Å². The molecular formula is C46H80NO13P. The Labute approximate surface area is 365 Å². The van der Waals surface area contributed by atoms with E-state index in [4.69, 9.17) is 24.8 Å². The third kappa shape index (κ3) is 30.1. The second-order valence-corrected chi connectivity index (χ2v) is 17.6. The van der Waals surface area contributed by atoms with E-state index in [2.05, 4.69) is 54.8 Å². The topological polar surface area (TPSA) is 232 Å². The van der Waals surface area contributed by atoms with Gasteiger partial charge in [-0.25, -0.2) is 4.57 Å². The lowest BCUT2D eigenvalue weighted by Gasteiger charge is -2.21. The maximum absolute atomic E-state index is 12.8. The summed E-state index contributed by atoms with van der Waals surface area (Å²) < 4.78 is 32.7. The first kappa shape index (κ1) is 56.3. The van der Waals surface area contributed by atoms with Crippen LogP contribution in [0.4, 0.5) is 0 Å². The largest absolute Gasteiger partial charge is 0.480 e. The first-order valence-electron chi connectivity index (χ1n) is 22.9. The molecule has 8 atom stereocenters. The number of carboxylic acids is 1. The standard InChI is InChI=1S/C46H80NO13P/c1-3-5-7-8-9-10-11-12-13-14-15-16-17-18-19-20-25-29-44(51)57-34-38(35-58-61(55,56)59-36-41(47)46(53)54)60-45(52)30-26-22-21-24-28-39-40(43(50)33-42(39)49)32-31-37(48)27-23-6-4-2/h9-10,12-13,15-16,31-32,37-43,48-50H,3-8,11,14,17-30,33-36,47H2,1-2H3,(H,53,54)(H,55,56)/b10-9-,13-12-,16-15-,32-31+/t37-,38+,39+,40+,41-,42-,43+/m0/s1. The van der Waals surface area contributed by atoms with Crippen LogP contribution in [0.25, 0.3) is 0 Å². The predicted molar refractivity (Wildman–Crippen MR) is 237 cm³/mol. The van der Waals surface area contributed by atoms with Gasteiger partial charge < -0.3 is 40.5 Å². The zero-order chi connectivity index (χ0) is 45.1. The Kier molecular flexibility index (Phi) is 33.0. The number of hydrogen-bond donors (Lipinski definition) is 6. The summed E-state index contributed by atoms with van der Waals surface area (Å²) in [4.78, 5) is 46.3. The fraction of sp³-hybridized carbons (Fsp3) is 0.761. The molecule has 15 heteroatoms. The lowest BCUT2D eigenvalue weighted by molar-refractivity contribution is -0.161. The normalized spacial score (nSPS) is 20.8. The summed E-state index contributed by atoms with van der Waals surface area (Å²) >= 11 is 0. The molecule has 1 aliphatic rings. The van der Waals surface area contributed by atoms with Crippen molar-refractivity contribution in [3.63, 3.8) is 0 Å². The number of rotatable bonds is 38. The van der Waals surface area contributed by atoms with Crippen LogP contribution in [0, 0.1) is 11.8 Å². The third-order valence-corrected chi connectivity index (χ3v) is 11.6. The molecule has 0 spiro atoms. The number of unbranched alkanes of at least 4 members (excludes halogenated alkanes) is 12. The highest BCUT2D eigenvalue weighted by atomic mass is 31.2. The number of aliphatic carboxylic acids is 1. The molecule has 0 saturated heterocycles. The average molecular weight is 886 g/mol. The fourth-order valence-electron chi connectivity index (χ4n) is 6.99. The zero-order valence-corrected chi connectivity index (χ0v) is 38.0. The number of phosphoric acid groups is 1. The number of ether oxygens (including phenoxy) is 2. The van der Waals surface area contributed by atoms with E-state index in [-0.39, 0.29) is 24.7 Å². The Hall–Kier alpha value is -2.68. The summed E-state index contributed by atoms with van der Waals surface area (Å²) in [7, 11) is -4.79. The molecular weight excluding hydrogens is 805 g/mol. The molecule has 0 heterocycles. The average Bonchev–Trinajstić information content (AvgIpc) is 3.49. The molecule has 1 fully saturated rings. The van der Waals surface area contributed by atoms with Crippen LogP contribution in [-0.4, -0.2) is 93.5 Å². The molecule has 1 unspecified atom stereocenters. The molecule has 1 aliphatic carbocycles. The molecule has 1 rings (SSSR count). The Bertz CT molecular complexity index is 1340. The van der Waals surface area contributed by atoms with Crippen molar-refractivity contribution in [3.05, 3.63) is 48.6 Å². The monoisotopic (exact) mass is 886 g/mol. The number of nitrogens with two attached hydrogens (primary N) is 1. The fourth-order valence-corrected chi connectivity index (χ4v) is 7.77. The zero-order valence-electron chi connectivity index (χ0n) is 37.1. The third-order valence-electron chi connectivity index (χ3n) is 10.6. The summed E-state index contributed by atoms with van der Waals surface area (Å²) in [6.45, 7) is 2.43. The van der Waals surface area contributed by atoms with Crippen molar-refractivity contribution in [1.29, 1.82) is 0 Å². The smallest absolute Gasteiger partial charge is 0.472 e. The molecule has 14 nitrogen and oxygen atoms in total. The molecule has 0 bridgehead atoms. The number of carbonyl (C=O) groups excluding carboxylic acids is 2. The second-order valence-electron chi connectivity index (χ2n) is 16.1. The summed E-state index contributed by atoms with van der Waals surface area (Å²) in [5, 5.41) is 40.3. The summed E-state index contributed by atoms with van der Waals surface area (Å²) in [6, 6.07) is -1.56. The minimum Gasteiger partial charge on any atom is -0.480 e. The van der Waals surface area contributed by atoms with Crippen molar-refractivity contribution < 1.29 is 62.8 Å². The molecule has 0 aromatic rings. The Morgan fingerprint density at radius 1 is 0.721 bits per heavy atom.